The van der Waals surface area contributed by atoms with E-state index in [9.17, 15) is 4.79 Å². The van der Waals surface area contributed by atoms with Crippen LogP contribution in [0.15, 0.2) is 18.5 Å². The van der Waals surface area contributed by atoms with Crippen LogP contribution in [-0.4, -0.2) is 76.3 Å². The van der Waals surface area contributed by atoms with E-state index in [0.29, 0.717) is 12.6 Å². The Kier molecular flexibility index (Phi) is 6.50. The van der Waals surface area contributed by atoms with Crippen LogP contribution < -0.4 is 10.2 Å². The van der Waals surface area contributed by atoms with Crippen molar-refractivity contribution in [2.75, 3.05) is 50.7 Å². The molecule has 35 heavy (non-hydrogen) atoms. The number of carbonyl (C=O) groups excluding carboxylic acids is 1. The van der Waals surface area contributed by atoms with Crippen molar-refractivity contribution in [1.29, 1.82) is 0 Å². The smallest absolute Gasteiger partial charge is 0.219 e. The van der Waals surface area contributed by atoms with E-state index in [1.54, 1.807) is 6.92 Å². The average molecular weight is 478 g/mol. The van der Waals surface area contributed by atoms with Crippen molar-refractivity contribution >= 4 is 17.4 Å². The summed E-state index contributed by atoms with van der Waals surface area (Å²) in [6.07, 6.45) is 11.9. The Morgan fingerprint density at radius 2 is 1.91 bits per heavy atom. The number of pyridine rings is 1. The molecule has 6 rings (SSSR count). The lowest BCUT2D eigenvalue weighted by atomic mass is 9.95. The second-order valence-electron chi connectivity index (χ2n) is 10.9. The summed E-state index contributed by atoms with van der Waals surface area (Å²) in [6, 6.07) is 2.58. The Bertz CT molecular complexity index is 1050. The van der Waals surface area contributed by atoms with E-state index in [4.69, 9.17) is 5.10 Å². The van der Waals surface area contributed by atoms with Gasteiger partial charge in [-0.05, 0) is 69.2 Å². The zero-order valence-electron chi connectivity index (χ0n) is 21.1. The van der Waals surface area contributed by atoms with E-state index >= 15 is 0 Å². The first-order valence-corrected chi connectivity index (χ1v) is 13.7. The van der Waals surface area contributed by atoms with E-state index in [1.165, 1.54) is 55.0 Å². The minimum atomic E-state index is 0.156. The fourth-order valence-electron chi connectivity index (χ4n) is 6.64. The molecule has 6 heterocycles. The molecule has 1 amide bonds. The zero-order chi connectivity index (χ0) is 23.8. The average Bonchev–Trinajstić information content (AvgIpc) is 3.28. The Balaban J connectivity index is 1.26. The van der Waals surface area contributed by atoms with Gasteiger partial charge in [0.1, 0.15) is 0 Å². The molecular formula is C27H39N7O. The molecule has 2 aromatic rings. The van der Waals surface area contributed by atoms with Crippen LogP contribution in [0.5, 0.6) is 0 Å². The number of rotatable bonds is 4. The molecule has 0 unspecified atom stereocenters. The summed E-state index contributed by atoms with van der Waals surface area (Å²) in [6.45, 7) is 10.1. The number of aromatic nitrogens is 3. The van der Waals surface area contributed by atoms with E-state index in [1.807, 2.05) is 17.3 Å². The molecule has 188 valence electrons. The number of amides is 1. The third-order valence-electron chi connectivity index (χ3n) is 8.64. The van der Waals surface area contributed by atoms with Crippen LogP contribution in [0.2, 0.25) is 0 Å². The fourth-order valence-corrected chi connectivity index (χ4v) is 6.64. The number of likely N-dealkylation sites (tertiary alicyclic amines) is 1. The molecule has 2 saturated heterocycles. The van der Waals surface area contributed by atoms with Crippen LogP contribution in [0, 0.1) is 5.92 Å². The van der Waals surface area contributed by atoms with Crippen molar-refractivity contribution in [2.24, 2.45) is 5.92 Å². The van der Waals surface area contributed by atoms with Crippen LogP contribution in [0.1, 0.15) is 61.9 Å². The van der Waals surface area contributed by atoms with Crippen LogP contribution in [0.25, 0.3) is 0 Å². The molecule has 4 aliphatic rings. The van der Waals surface area contributed by atoms with Gasteiger partial charge in [-0.25, -0.2) is 0 Å². The van der Waals surface area contributed by atoms with Gasteiger partial charge in [0.15, 0.2) is 5.82 Å². The number of nitrogens with zero attached hydrogens (tertiary/aromatic N) is 6. The molecule has 0 aromatic carbocycles. The van der Waals surface area contributed by atoms with Gasteiger partial charge in [0.25, 0.3) is 0 Å². The number of carbonyl (C=O) groups is 1. The normalized spacial score (nSPS) is 22.2. The molecule has 8 heteroatoms. The lowest BCUT2D eigenvalue weighted by molar-refractivity contribution is -0.129. The molecule has 8 nitrogen and oxygen atoms in total. The molecule has 0 aliphatic carbocycles. The Morgan fingerprint density at radius 1 is 1.09 bits per heavy atom. The van der Waals surface area contributed by atoms with Crippen LogP contribution in [0.3, 0.4) is 0 Å². The second kappa shape index (κ2) is 9.90. The molecular weight excluding hydrogens is 438 g/mol. The molecule has 0 saturated carbocycles. The SMILES string of the molecule is CC(=O)N1CCc2c(c(N3CCCc4cnccc43)nn2C2CCN(CC3CCNCC3)CC2)C1. The third-order valence-corrected chi connectivity index (χ3v) is 8.64. The Hall–Kier alpha value is -2.45. The van der Waals surface area contributed by atoms with Gasteiger partial charge in [-0.3, -0.25) is 14.5 Å². The van der Waals surface area contributed by atoms with Gasteiger partial charge in [-0.15, -0.1) is 0 Å². The molecule has 2 aromatic heterocycles. The largest absolute Gasteiger partial charge is 0.338 e. The predicted molar refractivity (Wildman–Crippen MR) is 137 cm³/mol. The first kappa shape index (κ1) is 23.0. The van der Waals surface area contributed by atoms with Crippen molar-refractivity contribution in [3.63, 3.8) is 0 Å². The summed E-state index contributed by atoms with van der Waals surface area (Å²) in [7, 11) is 0. The van der Waals surface area contributed by atoms with Crippen LogP contribution >= 0.6 is 0 Å². The standard InChI is InChI=1S/C27H39N7O/c1-20(35)32-16-9-26-24(19-32)27(33-13-2-3-22-17-29-12-6-25(22)33)30-34(26)23-7-14-31(15-8-23)18-21-4-10-28-11-5-21/h6,12,17,21,23,28H,2-5,7-11,13-16,18-19H2,1H3. The molecule has 4 aliphatic heterocycles. The summed E-state index contributed by atoms with van der Waals surface area (Å²) in [5.74, 6) is 2.07. The lowest BCUT2D eigenvalue weighted by Gasteiger charge is -2.36. The second-order valence-corrected chi connectivity index (χ2v) is 10.9. The minimum Gasteiger partial charge on any atom is -0.338 e. The summed E-state index contributed by atoms with van der Waals surface area (Å²) in [5, 5.41) is 8.82. The molecule has 1 N–H and O–H groups in total. The van der Waals surface area contributed by atoms with Gasteiger partial charge in [0.2, 0.25) is 5.91 Å². The van der Waals surface area contributed by atoms with Crippen molar-refractivity contribution in [1.82, 2.24) is 29.9 Å². The number of fused-ring (bicyclic) bond motifs is 2. The Labute approximate surface area is 208 Å². The summed E-state index contributed by atoms with van der Waals surface area (Å²) < 4.78 is 2.37. The minimum absolute atomic E-state index is 0.156. The number of hydrogen-bond acceptors (Lipinski definition) is 6. The van der Waals surface area contributed by atoms with Crippen molar-refractivity contribution in [3.05, 3.63) is 35.3 Å². The number of hydrogen-bond donors (Lipinski definition) is 1. The predicted octanol–water partition coefficient (Wildman–Crippen LogP) is 2.90. The van der Waals surface area contributed by atoms with Crippen molar-refractivity contribution in [2.45, 2.75) is 64.5 Å². The number of aryl methyl sites for hydroxylation is 1. The fraction of sp³-hybridized carbons (Fsp3) is 0.667. The van der Waals surface area contributed by atoms with Gasteiger partial charge in [0, 0.05) is 75.4 Å². The maximum atomic E-state index is 12.3. The van der Waals surface area contributed by atoms with Gasteiger partial charge < -0.3 is 20.0 Å². The number of piperidine rings is 2. The quantitative estimate of drug-likeness (QED) is 0.730. The summed E-state index contributed by atoms with van der Waals surface area (Å²) in [4.78, 5) is 23.7. The third kappa shape index (κ3) is 4.58. The zero-order valence-corrected chi connectivity index (χ0v) is 21.1. The van der Waals surface area contributed by atoms with Gasteiger partial charge in [-0.2, -0.15) is 5.10 Å². The molecule has 0 atom stereocenters. The molecule has 0 spiro atoms. The molecule has 0 radical (unpaired) electrons. The first-order valence-electron chi connectivity index (χ1n) is 13.7. The maximum Gasteiger partial charge on any atom is 0.219 e. The number of anilines is 2. The highest BCUT2D eigenvalue weighted by Gasteiger charge is 2.34. The van der Waals surface area contributed by atoms with E-state index in [2.05, 4.69) is 30.8 Å². The van der Waals surface area contributed by atoms with Gasteiger partial charge in [0.05, 0.1) is 12.6 Å². The van der Waals surface area contributed by atoms with Crippen LogP contribution in [-0.2, 0) is 24.2 Å². The van der Waals surface area contributed by atoms with E-state index in [-0.39, 0.29) is 5.91 Å². The monoisotopic (exact) mass is 477 g/mol. The van der Waals surface area contributed by atoms with Crippen molar-refractivity contribution in [3.8, 4) is 0 Å². The van der Waals surface area contributed by atoms with Gasteiger partial charge >= 0.3 is 0 Å². The number of nitrogens with one attached hydrogen (secondary N) is 1. The van der Waals surface area contributed by atoms with Gasteiger partial charge in [-0.1, -0.05) is 0 Å². The highest BCUT2D eigenvalue weighted by atomic mass is 16.2. The van der Waals surface area contributed by atoms with E-state index < -0.39 is 0 Å². The van der Waals surface area contributed by atoms with Crippen LogP contribution in [0.4, 0.5) is 11.5 Å². The van der Waals surface area contributed by atoms with Crippen molar-refractivity contribution < 1.29 is 4.79 Å². The summed E-state index contributed by atoms with van der Waals surface area (Å²) in [5.41, 5.74) is 5.15. The Morgan fingerprint density at radius 3 is 2.71 bits per heavy atom. The highest BCUT2D eigenvalue weighted by Crippen LogP contribution is 2.39. The molecule has 2 fully saturated rings. The maximum absolute atomic E-state index is 12.3. The topological polar surface area (TPSA) is 69.5 Å². The lowest BCUT2D eigenvalue weighted by Crippen LogP contribution is -2.41. The molecule has 0 bridgehead atoms. The first-order chi connectivity index (χ1) is 17.2. The van der Waals surface area contributed by atoms with E-state index in [0.717, 1.165) is 70.0 Å². The highest BCUT2D eigenvalue weighted by molar-refractivity contribution is 5.75. The summed E-state index contributed by atoms with van der Waals surface area (Å²) >= 11 is 0.